The summed E-state index contributed by atoms with van der Waals surface area (Å²) in [5, 5.41) is 0.631. The van der Waals surface area contributed by atoms with Gasteiger partial charge in [-0.3, -0.25) is 9.59 Å². The zero-order valence-corrected chi connectivity index (χ0v) is 14.0. The number of rotatable bonds is 4. The Balaban J connectivity index is 2.01. The first-order valence-electron chi connectivity index (χ1n) is 7.81. The Kier molecular flexibility index (Phi) is 5.83. The average molecular weight is 323 g/mol. The molecule has 0 unspecified atom stereocenters. The highest BCUT2D eigenvalue weighted by Gasteiger charge is 2.19. The minimum atomic E-state index is -0.0774. The molecule has 0 bridgehead atoms. The third-order valence-corrected chi connectivity index (χ3v) is 4.51. The van der Waals surface area contributed by atoms with Crippen LogP contribution in [-0.4, -0.2) is 36.3 Å². The standard InChI is InChI=1S/C17H23ClN2O2/c1-13-6-7-15(12-16(13)18)20(14(2)21)11-8-17(22)19-9-4-3-5-10-19/h6-7,12H,3-5,8-11H2,1-2H3. The maximum absolute atomic E-state index is 12.2. The van der Waals surface area contributed by atoms with Crippen LogP contribution in [0.2, 0.25) is 5.02 Å². The number of amides is 2. The Labute approximate surface area is 137 Å². The fourth-order valence-electron chi connectivity index (χ4n) is 2.73. The van der Waals surface area contributed by atoms with Gasteiger partial charge in [0.1, 0.15) is 0 Å². The van der Waals surface area contributed by atoms with Crippen molar-refractivity contribution < 1.29 is 9.59 Å². The van der Waals surface area contributed by atoms with E-state index in [-0.39, 0.29) is 11.8 Å². The first-order valence-corrected chi connectivity index (χ1v) is 8.19. The molecule has 1 aromatic carbocycles. The van der Waals surface area contributed by atoms with Gasteiger partial charge in [0.25, 0.3) is 0 Å². The molecule has 1 aliphatic rings. The summed E-state index contributed by atoms with van der Waals surface area (Å²) in [6.07, 6.45) is 3.71. The van der Waals surface area contributed by atoms with Gasteiger partial charge in [-0.05, 0) is 43.9 Å². The van der Waals surface area contributed by atoms with Crippen molar-refractivity contribution in [3.8, 4) is 0 Å². The van der Waals surface area contributed by atoms with Gasteiger partial charge in [0.05, 0.1) is 0 Å². The van der Waals surface area contributed by atoms with E-state index in [2.05, 4.69) is 0 Å². The largest absolute Gasteiger partial charge is 0.343 e. The molecule has 1 saturated heterocycles. The van der Waals surface area contributed by atoms with Crippen molar-refractivity contribution in [1.82, 2.24) is 4.90 Å². The maximum Gasteiger partial charge on any atom is 0.224 e. The lowest BCUT2D eigenvalue weighted by atomic mass is 10.1. The van der Waals surface area contributed by atoms with Gasteiger partial charge in [-0.25, -0.2) is 0 Å². The molecule has 0 aliphatic carbocycles. The van der Waals surface area contributed by atoms with Gasteiger partial charge in [-0.2, -0.15) is 0 Å². The van der Waals surface area contributed by atoms with E-state index in [0.29, 0.717) is 18.0 Å². The fourth-order valence-corrected chi connectivity index (χ4v) is 2.90. The van der Waals surface area contributed by atoms with E-state index in [0.717, 1.165) is 37.2 Å². The molecule has 1 heterocycles. The monoisotopic (exact) mass is 322 g/mol. The summed E-state index contributed by atoms with van der Waals surface area (Å²) in [5.74, 6) is 0.0514. The van der Waals surface area contributed by atoms with Crippen LogP contribution in [0.4, 0.5) is 5.69 Å². The highest BCUT2D eigenvalue weighted by molar-refractivity contribution is 6.31. The summed E-state index contributed by atoms with van der Waals surface area (Å²) in [5.41, 5.74) is 1.72. The maximum atomic E-state index is 12.2. The van der Waals surface area contributed by atoms with Gasteiger partial charge in [-0.15, -0.1) is 0 Å². The van der Waals surface area contributed by atoms with Crippen LogP contribution in [0.15, 0.2) is 18.2 Å². The van der Waals surface area contributed by atoms with Gasteiger partial charge in [0, 0.05) is 43.7 Å². The fraction of sp³-hybridized carbons (Fsp3) is 0.529. The second kappa shape index (κ2) is 7.63. The topological polar surface area (TPSA) is 40.6 Å². The number of aryl methyl sites for hydroxylation is 1. The second-order valence-corrected chi connectivity index (χ2v) is 6.20. The Morgan fingerprint density at radius 3 is 2.50 bits per heavy atom. The van der Waals surface area contributed by atoms with E-state index in [1.807, 2.05) is 24.0 Å². The highest BCUT2D eigenvalue weighted by atomic mass is 35.5. The minimum Gasteiger partial charge on any atom is -0.343 e. The van der Waals surface area contributed by atoms with Crippen molar-refractivity contribution in [2.24, 2.45) is 0 Å². The molecule has 1 aromatic rings. The quantitative estimate of drug-likeness (QED) is 0.852. The smallest absolute Gasteiger partial charge is 0.224 e. The van der Waals surface area contributed by atoms with Crippen LogP contribution in [0.25, 0.3) is 0 Å². The third kappa shape index (κ3) is 4.23. The van der Waals surface area contributed by atoms with E-state index < -0.39 is 0 Å². The van der Waals surface area contributed by atoms with E-state index in [4.69, 9.17) is 11.6 Å². The molecule has 4 nitrogen and oxygen atoms in total. The summed E-state index contributed by atoms with van der Waals surface area (Å²) in [6.45, 7) is 5.51. The number of carbonyl (C=O) groups excluding carboxylic acids is 2. The molecule has 0 radical (unpaired) electrons. The lowest BCUT2D eigenvalue weighted by Crippen LogP contribution is -2.38. The van der Waals surface area contributed by atoms with Crippen LogP contribution < -0.4 is 4.90 Å². The van der Waals surface area contributed by atoms with Crippen LogP contribution in [0.3, 0.4) is 0 Å². The Morgan fingerprint density at radius 2 is 1.91 bits per heavy atom. The van der Waals surface area contributed by atoms with E-state index in [1.54, 1.807) is 11.0 Å². The Morgan fingerprint density at radius 1 is 1.23 bits per heavy atom. The van der Waals surface area contributed by atoms with Crippen LogP contribution in [0.1, 0.15) is 38.2 Å². The molecule has 0 saturated carbocycles. The van der Waals surface area contributed by atoms with Crippen molar-refractivity contribution in [3.05, 3.63) is 28.8 Å². The molecule has 5 heteroatoms. The van der Waals surface area contributed by atoms with Crippen molar-refractivity contribution in [1.29, 1.82) is 0 Å². The van der Waals surface area contributed by atoms with Crippen LogP contribution >= 0.6 is 11.6 Å². The summed E-state index contributed by atoms with van der Waals surface area (Å²) in [7, 11) is 0. The zero-order chi connectivity index (χ0) is 16.1. The highest BCUT2D eigenvalue weighted by Crippen LogP contribution is 2.23. The van der Waals surface area contributed by atoms with Crippen LogP contribution in [0.5, 0.6) is 0 Å². The van der Waals surface area contributed by atoms with E-state index in [1.165, 1.54) is 13.3 Å². The molecule has 1 fully saturated rings. The summed E-state index contributed by atoms with van der Waals surface area (Å²) in [4.78, 5) is 27.7. The normalized spacial score (nSPS) is 14.8. The molecule has 1 aliphatic heterocycles. The minimum absolute atomic E-state index is 0.0774. The molecule has 22 heavy (non-hydrogen) atoms. The number of piperidine rings is 1. The molecule has 0 spiro atoms. The van der Waals surface area contributed by atoms with Gasteiger partial charge in [0.15, 0.2) is 0 Å². The number of anilines is 1. The van der Waals surface area contributed by atoms with Crippen molar-refractivity contribution >= 4 is 29.1 Å². The predicted octanol–water partition coefficient (Wildman–Crippen LogP) is 3.40. The molecule has 2 amide bonds. The lowest BCUT2D eigenvalue weighted by Gasteiger charge is -2.28. The van der Waals surface area contributed by atoms with Gasteiger partial charge < -0.3 is 9.80 Å². The van der Waals surface area contributed by atoms with Crippen molar-refractivity contribution in [2.45, 2.75) is 39.5 Å². The van der Waals surface area contributed by atoms with Crippen LogP contribution in [0, 0.1) is 6.92 Å². The molecule has 0 atom stereocenters. The van der Waals surface area contributed by atoms with E-state index >= 15 is 0 Å². The zero-order valence-electron chi connectivity index (χ0n) is 13.3. The third-order valence-electron chi connectivity index (χ3n) is 4.11. The van der Waals surface area contributed by atoms with E-state index in [9.17, 15) is 9.59 Å². The van der Waals surface area contributed by atoms with Crippen molar-refractivity contribution in [2.75, 3.05) is 24.5 Å². The molecule has 2 rings (SSSR count). The number of benzene rings is 1. The van der Waals surface area contributed by atoms with Crippen LogP contribution in [-0.2, 0) is 9.59 Å². The SMILES string of the molecule is CC(=O)N(CCC(=O)N1CCCCC1)c1ccc(C)c(Cl)c1. The summed E-state index contributed by atoms with van der Waals surface area (Å²) >= 11 is 6.13. The second-order valence-electron chi connectivity index (χ2n) is 5.80. The lowest BCUT2D eigenvalue weighted by molar-refractivity contribution is -0.131. The number of hydrogen-bond acceptors (Lipinski definition) is 2. The molecule has 120 valence electrons. The first-order chi connectivity index (χ1) is 10.5. The molecule has 0 aromatic heterocycles. The number of nitrogens with zero attached hydrogens (tertiary/aromatic N) is 2. The number of carbonyl (C=O) groups is 2. The van der Waals surface area contributed by atoms with Gasteiger partial charge >= 0.3 is 0 Å². The van der Waals surface area contributed by atoms with Gasteiger partial charge in [-0.1, -0.05) is 17.7 Å². The number of halogens is 1. The van der Waals surface area contributed by atoms with Crippen molar-refractivity contribution in [3.63, 3.8) is 0 Å². The Bertz CT molecular complexity index is 554. The number of likely N-dealkylation sites (tertiary alicyclic amines) is 1. The predicted molar refractivity (Wildman–Crippen MR) is 89.3 cm³/mol. The molecular formula is C17H23ClN2O2. The molecular weight excluding hydrogens is 300 g/mol. The first kappa shape index (κ1) is 16.8. The average Bonchev–Trinajstić information content (AvgIpc) is 2.51. The molecule has 0 N–H and O–H groups in total. The van der Waals surface area contributed by atoms with Gasteiger partial charge in [0.2, 0.25) is 11.8 Å². The number of hydrogen-bond donors (Lipinski definition) is 0. The summed E-state index contributed by atoms with van der Waals surface area (Å²) in [6, 6.07) is 5.54. The summed E-state index contributed by atoms with van der Waals surface area (Å²) < 4.78 is 0. The Hall–Kier alpha value is -1.55.